The first-order valence-electron chi connectivity index (χ1n) is 7.95. The zero-order valence-corrected chi connectivity index (χ0v) is 14.3. The second-order valence-corrected chi connectivity index (χ2v) is 5.50. The number of nitrogen functional groups attached to an aromatic ring is 1. The number of nitrogens with zero attached hydrogens (tertiary/aromatic N) is 2. The minimum atomic E-state index is -0.822. The van der Waals surface area contributed by atoms with E-state index < -0.39 is 17.5 Å². The number of nitro groups is 1. The van der Waals surface area contributed by atoms with Gasteiger partial charge in [-0.05, 0) is 24.6 Å². The monoisotopic (exact) mass is 357 g/mol. The van der Waals surface area contributed by atoms with E-state index in [0.717, 1.165) is 11.6 Å². The Morgan fingerprint density at radius 3 is 2.50 bits per heavy atom. The third-order valence-corrected chi connectivity index (χ3v) is 3.74. The number of carbonyl (C=O) groups is 2. The molecule has 0 aliphatic rings. The molecule has 1 amide bonds. The van der Waals surface area contributed by atoms with Crippen molar-refractivity contribution in [2.24, 2.45) is 0 Å². The number of carbonyl (C=O) groups excluding carboxylic acids is 2. The third kappa shape index (κ3) is 4.79. The zero-order valence-electron chi connectivity index (χ0n) is 14.3. The van der Waals surface area contributed by atoms with Gasteiger partial charge in [-0.25, -0.2) is 4.79 Å². The van der Waals surface area contributed by atoms with Crippen LogP contribution in [-0.4, -0.2) is 34.9 Å². The SMILES string of the molecule is CCN(Cc1ccccc1)C(=O)COC(=O)c1ccc(N)c([N+](=O)[O-])c1. The molecule has 26 heavy (non-hydrogen) atoms. The molecule has 0 unspecified atom stereocenters. The highest BCUT2D eigenvalue weighted by molar-refractivity contribution is 5.92. The van der Waals surface area contributed by atoms with Gasteiger partial charge in [0, 0.05) is 19.2 Å². The van der Waals surface area contributed by atoms with Crippen molar-refractivity contribution in [2.75, 3.05) is 18.9 Å². The molecule has 0 atom stereocenters. The fourth-order valence-corrected chi connectivity index (χ4v) is 2.31. The number of esters is 1. The van der Waals surface area contributed by atoms with E-state index in [1.807, 2.05) is 37.3 Å². The molecule has 0 fully saturated rings. The van der Waals surface area contributed by atoms with Crippen LogP contribution in [0.15, 0.2) is 48.5 Å². The van der Waals surface area contributed by atoms with Gasteiger partial charge in [-0.2, -0.15) is 0 Å². The zero-order chi connectivity index (χ0) is 19.1. The molecule has 0 heterocycles. The quantitative estimate of drug-likeness (QED) is 0.352. The Labute approximate surface area is 150 Å². The molecule has 2 aromatic carbocycles. The van der Waals surface area contributed by atoms with Crippen LogP contribution in [0.3, 0.4) is 0 Å². The molecule has 0 bridgehead atoms. The first-order chi connectivity index (χ1) is 12.4. The van der Waals surface area contributed by atoms with Crippen molar-refractivity contribution in [1.82, 2.24) is 4.90 Å². The molecule has 2 N–H and O–H groups in total. The van der Waals surface area contributed by atoms with Crippen LogP contribution in [0.1, 0.15) is 22.8 Å². The summed E-state index contributed by atoms with van der Waals surface area (Å²) in [7, 11) is 0. The summed E-state index contributed by atoms with van der Waals surface area (Å²) < 4.78 is 4.99. The third-order valence-electron chi connectivity index (χ3n) is 3.74. The summed E-state index contributed by atoms with van der Waals surface area (Å²) in [6, 6.07) is 13.0. The molecule has 0 radical (unpaired) electrons. The van der Waals surface area contributed by atoms with Crippen LogP contribution in [0.5, 0.6) is 0 Å². The fraction of sp³-hybridized carbons (Fsp3) is 0.222. The molecule has 0 aromatic heterocycles. The lowest BCUT2D eigenvalue weighted by Crippen LogP contribution is -2.34. The van der Waals surface area contributed by atoms with Gasteiger partial charge in [0.05, 0.1) is 10.5 Å². The molecule has 0 spiro atoms. The summed E-state index contributed by atoms with van der Waals surface area (Å²) in [6.45, 7) is 2.24. The molecular weight excluding hydrogens is 338 g/mol. The van der Waals surface area contributed by atoms with E-state index in [0.29, 0.717) is 13.1 Å². The number of anilines is 1. The largest absolute Gasteiger partial charge is 0.452 e. The highest BCUT2D eigenvalue weighted by atomic mass is 16.6. The van der Waals surface area contributed by atoms with Crippen molar-refractivity contribution < 1.29 is 19.2 Å². The van der Waals surface area contributed by atoms with E-state index in [1.165, 1.54) is 12.1 Å². The molecule has 136 valence electrons. The molecule has 2 aromatic rings. The fourth-order valence-electron chi connectivity index (χ4n) is 2.31. The summed E-state index contributed by atoms with van der Waals surface area (Å²) in [6.07, 6.45) is 0. The van der Waals surface area contributed by atoms with Gasteiger partial charge >= 0.3 is 5.97 Å². The lowest BCUT2D eigenvalue weighted by atomic mass is 10.2. The van der Waals surface area contributed by atoms with Crippen molar-refractivity contribution in [2.45, 2.75) is 13.5 Å². The maximum atomic E-state index is 12.3. The van der Waals surface area contributed by atoms with Gasteiger partial charge < -0.3 is 15.4 Å². The number of rotatable bonds is 7. The summed E-state index contributed by atoms with van der Waals surface area (Å²) in [5, 5.41) is 10.9. The molecule has 0 saturated carbocycles. The first-order valence-corrected chi connectivity index (χ1v) is 7.95. The standard InChI is InChI=1S/C18H19N3O5/c1-2-20(11-13-6-4-3-5-7-13)17(22)12-26-18(23)14-8-9-15(19)16(10-14)21(24)25/h3-10H,2,11-12,19H2,1H3. The number of benzene rings is 2. The van der Waals surface area contributed by atoms with E-state index in [9.17, 15) is 19.7 Å². The molecule has 8 nitrogen and oxygen atoms in total. The number of ether oxygens (including phenoxy) is 1. The number of nitrogens with two attached hydrogens (primary N) is 1. The van der Waals surface area contributed by atoms with Crippen LogP contribution in [0.4, 0.5) is 11.4 Å². The Bertz CT molecular complexity index is 808. The van der Waals surface area contributed by atoms with Crippen LogP contribution in [-0.2, 0) is 16.1 Å². The lowest BCUT2D eigenvalue weighted by Gasteiger charge is -2.20. The van der Waals surface area contributed by atoms with Crippen LogP contribution in [0.2, 0.25) is 0 Å². The van der Waals surface area contributed by atoms with Gasteiger partial charge in [-0.15, -0.1) is 0 Å². The predicted octanol–water partition coefficient (Wildman–Crippen LogP) is 2.38. The average molecular weight is 357 g/mol. The number of likely N-dealkylation sites (N-methyl/N-ethyl adjacent to an activating group) is 1. The molecule has 0 saturated heterocycles. The maximum Gasteiger partial charge on any atom is 0.338 e. The molecular formula is C18H19N3O5. The van der Waals surface area contributed by atoms with E-state index in [-0.39, 0.29) is 22.8 Å². The summed E-state index contributed by atoms with van der Waals surface area (Å²) in [5.74, 6) is -1.17. The van der Waals surface area contributed by atoms with Gasteiger partial charge in [0.2, 0.25) is 0 Å². The van der Waals surface area contributed by atoms with Crippen LogP contribution in [0, 0.1) is 10.1 Å². The van der Waals surface area contributed by atoms with Crippen LogP contribution in [0.25, 0.3) is 0 Å². The van der Waals surface area contributed by atoms with E-state index in [4.69, 9.17) is 10.5 Å². The Kier molecular flexibility index (Phi) is 6.26. The normalized spacial score (nSPS) is 10.2. The first kappa shape index (κ1) is 18.9. The van der Waals surface area contributed by atoms with Gasteiger partial charge in [-0.1, -0.05) is 30.3 Å². The number of hydrogen-bond acceptors (Lipinski definition) is 6. The van der Waals surface area contributed by atoms with Crippen molar-refractivity contribution in [1.29, 1.82) is 0 Å². The highest BCUT2D eigenvalue weighted by Crippen LogP contribution is 2.22. The van der Waals surface area contributed by atoms with Gasteiger partial charge in [0.25, 0.3) is 11.6 Å². The summed E-state index contributed by atoms with van der Waals surface area (Å²) in [5.41, 5.74) is 5.98. The highest BCUT2D eigenvalue weighted by Gasteiger charge is 2.19. The Hall–Kier alpha value is -3.42. The topological polar surface area (TPSA) is 116 Å². The lowest BCUT2D eigenvalue weighted by molar-refractivity contribution is -0.383. The van der Waals surface area contributed by atoms with Gasteiger partial charge in [0.1, 0.15) is 5.69 Å². The van der Waals surface area contributed by atoms with Crippen molar-refractivity contribution in [3.8, 4) is 0 Å². The van der Waals surface area contributed by atoms with Crippen LogP contribution < -0.4 is 5.73 Å². The van der Waals surface area contributed by atoms with Crippen LogP contribution >= 0.6 is 0 Å². The Morgan fingerprint density at radius 2 is 1.88 bits per heavy atom. The van der Waals surface area contributed by atoms with Gasteiger partial charge in [-0.3, -0.25) is 14.9 Å². The predicted molar refractivity (Wildman–Crippen MR) is 95.3 cm³/mol. The van der Waals surface area contributed by atoms with E-state index >= 15 is 0 Å². The molecule has 0 aliphatic carbocycles. The molecule has 2 rings (SSSR count). The minimum absolute atomic E-state index is 0.0372. The Balaban J connectivity index is 1.98. The van der Waals surface area contributed by atoms with Crippen molar-refractivity contribution in [3.05, 3.63) is 69.8 Å². The second kappa shape index (κ2) is 8.61. The van der Waals surface area contributed by atoms with E-state index in [2.05, 4.69) is 0 Å². The van der Waals surface area contributed by atoms with Gasteiger partial charge in [0.15, 0.2) is 6.61 Å². The average Bonchev–Trinajstić information content (AvgIpc) is 2.64. The molecule has 8 heteroatoms. The minimum Gasteiger partial charge on any atom is -0.452 e. The van der Waals surface area contributed by atoms with E-state index in [1.54, 1.807) is 4.90 Å². The summed E-state index contributed by atoms with van der Waals surface area (Å²) >= 11 is 0. The smallest absolute Gasteiger partial charge is 0.338 e. The number of amides is 1. The maximum absolute atomic E-state index is 12.3. The second-order valence-electron chi connectivity index (χ2n) is 5.50. The number of hydrogen-bond donors (Lipinski definition) is 1. The Morgan fingerprint density at radius 1 is 1.19 bits per heavy atom. The summed E-state index contributed by atoms with van der Waals surface area (Å²) in [4.78, 5) is 36.1. The van der Waals surface area contributed by atoms with Crippen molar-refractivity contribution in [3.63, 3.8) is 0 Å². The van der Waals surface area contributed by atoms with Crippen molar-refractivity contribution >= 4 is 23.3 Å². The molecule has 0 aliphatic heterocycles. The number of nitro benzene ring substituents is 1.